The molecule has 4 aromatic rings. The van der Waals surface area contributed by atoms with Crippen LogP contribution in [0.5, 0.6) is 17.2 Å². The van der Waals surface area contributed by atoms with E-state index in [0.29, 0.717) is 28.0 Å². The van der Waals surface area contributed by atoms with Crippen molar-refractivity contribution in [1.82, 2.24) is 4.90 Å². The molecule has 3 aliphatic heterocycles. The van der Waals surface area contributed by atoms with E-state index >= 15 is 0 Å². The number of halogens is 4. The van der Waals surface area contributed by atoms with Crippen molar-refractivity contribution in [3.05, 3.63) is 116 Å². The summed E-state index contributed by atoms with van der Waals surface area (Å²) in [5.41, 5.74) is 1.38. The Morgan fingerprint density at radius 2 is 1.71 bits per heavy atom. The maximum atomic E-state index is 14.2. The van der Waals surface area contributed by atoms with E-state index in [1.165, 1.54) is 35.2 Å². The molecule has 4 aliphatic rings. The smallest absolute Gasteiger partial charge is 0.415 e. The average Bonchev–Trinajstić information content (AvgIpc) is 3.99. The number of para-hydroxylation sites is 2. The topological polar surface area (TPSA) is 136 Å². The predicted molar refractivity (Wildman–Crippen MR) is 199 cm³/mol. The zero-order chi connectivity index (χ0) is 38.8. The van der Waals surface area contributed by atoms with E-state index in [1.54, 1.807) is 30.3 Å². The molecule has 55 heavy (non-hydrogen) atoms. The fraction of sp³-hybridized carbons (Fsp3) is 0.375. The third-order valence-electron chi connectivity index (χ3n) is 10.6. The van der Waals surface area contributed by atoms with Crippen LogP contribution >= 0.6 is 23.2 Å². The van der Waals surface area contributed by atoms with Gasteiger partial charge in [0.2, 0.25) is 0 Å². The van der Waals surface area contributed by atoms with Crippen molar-refractivity contribution >= 4 is 41.0 Å². The van der Waals surface area contributed by atoms with Crippen molar-refractivity contribution in [2.24, 2.45) is 11.8 Å². The number of carboxylic acids is 1. The molecule has 1 saturated carbocycles. The molecular weight excluding hydrogens is 759 g/mol. The number of phenolic OH excluding ortho intramolecular Hbond substituents is 1. The lowest BCUT2D eigenvalue weighted by Crippen LogP contribution is -2.53. The number of hydrogen-bond donors (Lipinski definition) is 2. The third-order valence-corrected chi connectivity index (χ3v) is 11.2. The normalized spacial score (nSPS) is 19.5. The number of piperidine rings is 3. The molecule has 0 unspecified atom stereocenters. The number of carbonyl (C=O) groups is 2. The SMILES string of the molecule is O=C(O)c1cccc(CN(C(=O)O[C@H]2CN3CCC2CC3)c2ccccc2O)c1[C@@H](Cc1c(Cl)c[n+]([O-])cc1Cl)c1ccc(OC(F)F)c(OCC2CC2)c1. The van der Waals surface area contributed by atoms with Gasteiger partial charge in [0.1, 0.15) is 21.9 Å². The van der Waals surface area contributed by atoms with Crippen LogP contribution in [0.15, 0.2) is 73.1 Å². The number of fused-ring (bicyclic) bond motifs is 3. The maximum absolute atomic E-state index is 14.2. The molecule has 2 atom stereocenters. The molecule has 4 fully saturated rings. The first-order valence-corrected chi connectivity index (χ1v) is 18.8. The summed E-state index contributed by atoms with van der Waals surface area (Å²) in [4.78, 5) is 30.8. The van der Waals surface area contributed by atoms with Crippen molar-refractivity contribution in [2.45, 2.75) is 57.3 Å². The largest absolute Gasteiger partial charge is 0.619 e. The summed E-state index contributed by atoms with van der Waals surface area (Å²) in [6.45, 7) is -0.652. The minimum Gasteiger partial charge on any atom is -0.619 e. The van der Waals surface area contributed by atoms with Crippen LogP contribution in [0.2, 0.25) is 10.0 Å². The van der Waals surface area contributed by atoms with E-state index < -0.39 is 24.6 Å². The molecule has 0 radical (unpaired) electrons. The van der Waals surface area contributed by atoms with Crippen LogP contribution in [0.4, 0.5) is 19.3 Å². The second kappa shape index (κ2) is 16.5. The van der Waals surface area contributed by atoms with E-state index in [1.807, 2.05) is 0 Å². The van der Waals surface area contributed by atoms with Crippen LogP contribution < -0.4 is 19.1 Å². The Balaban J connectivity index is 1.36. The summed E-state index contributed by atoms with van der Waals surface area (Å²) >= 11 is 13.2. The number of carbonyl (C=O) groups excluding carboxylic acids is 1. The number of carboxylic acid groups (broad SMARTS) is 1. The van der Waals surface area contributed by atoms with E-state index in [2.05, 4.69) is 4.90 Å². The summed E-state index contributed by atoms with van der Waals surface area (Å²) < 4.78 is 44.4. The fourth-order valence-electron chi connectivity index (χ4n) is 7.55. The van der Waals surface area contributed by atoms with E-state index in [0.717, 1.165) is 51.2 Å². The molecule has 4 heterocycles. The Hall–Kier alpha value is -4.85. The predicted octanol–water partition coefficient (Wildman–Crippen LogP) is 8.03. The number of pyridine rings is 1. The fourth-order valence-corrected chi connectivity index (χ4v) is 8.15. The van der Waals surface area contributed by atoms with Gasteiger partial charge in [-0.25, -0.2) is 9.59 Å². The van der Waals surface area contributed by atoms with Gasteiger partial charge in [0, 0.05) is 18.0 Å². The molecule has 1 aromatic heterocycles. The zero-order valence-electron chi connectivity index (χ0n) is 29.6. The van der Waals surface area contributed by atoms with Gasteiger partial charge in [-0.05, 0) is 104 Å². The first-order valence-electron chi connectivity index (χ1n) is 18.1. The number of aromatic hydroxyl groups is 1. The van der Waals surface area contributed by atoms with Crippen LogP contribution in [-0.2, 0) is 17.7 Å². The number of hydrogen-bond acceptors (Lipinski definition) is 8. The summed E-state index contributed by atoms with van der Waals surface area (Å²) in [6.07, 6.45) is 4.75. The van der Waals surface area contributed by atoms with Crippen molar-refractivity contribution < 1.29 is 47.5 Å². The Morgan fingerprint density at radius 3 is 2.35 bits per heavy atom. The van der Waals surface area contributed by atoms with E-state index in [9.17, 15) is 33.8 Å². The molecule has 3 aromatic carbocycles. The standard InChI is InChI=1S/C40H39Cl2F2N3O8/c41-30-19-46(52)20-31(42)29(30)17-28(25-10-11-34(54-39(43)44)35(16-25)53-22-23-8-9-23)37-26(4-3-5-27(37)38(49)50)18-47(32-6-1-2-7-33(32)48)40(51)55-36-21-45-14-12-24(36)13-15-45/h1-7,10-11,16,19-20,23-24,28,36,39,48H,8-9,12-15,17-18,21-22H2,(H,49,50)/t28-,36-/m0/s1. The van der Waals surface area contributed by atoms with Crippen LogP contribution in [0.25, 0.3) is 0 Å². The molecule has 3 saturated heterocycles. The number of rotatable bonds is 14. The number of aromatic nitrogens is 1. The molecule has 1 aliphatic carbocycles. The lowest BCUT2D eigenvalue weighted by molar-refractivity contribution is -0.605. The molecule has 1 amide bonds. The number of aromatic carboxylic acids is 1. The Morgan fingerprint density at radius 1 is 0.982 bits per heavy atom. The number of benzene rings is 3. The zero-order valence-corrected chi connectivity index (χ0v) is 31.1. The third kappa shape index (κ3) is 8.84. The molecule has 0 spiro atoms. The molecule has 8 rings (SSSR count). The summed E-state index contributed by atoms with van der Waals surface area (Å²) in [7, 11) is 0. The summed E-state index contributed by atoms with van der Waals surface area (Å²) in [5, 5.41) is 33.9. The highest BCUT2D eigenvalue weighted by Crippen LogP contribution is 2.42. The Bertz CT molecular complexity index is 2040. The first-order chi connectivity index (χ1) is 26.4. The van der Waals surface area contributed by atoms with Gasteiger partial charge in [-0.15, -0.1) is 0 Å². The first kappa shape index (κ1) is 38.4. The van der Waals surface area contributed by atoms with Crippen LogP contribution in [0.1, 0.15) is 64.2 Å². The lowest BCUT2D eigenvalue weighted by Gasteiger charge is -2.44. The summed E-state index contributed by atoms with van der Waals surface area (Å²) in [5.74, 6) is -2.11. The highest BCUT2D eigenvalue weighted by Gasteiger charge is 2.38. The second-order valence-electron chi connectivity index (χ2n) is 14.2. The van der Waals surface area contributed by atoms with Gasteiger partial charge in [0.05, 0.1) is 24.4 Å². The van der Waals surface area contributed by atoms with E-state index in [-0.39, 0.29) is 81.6 Å². The average molecular weight is 799 g/mol. The monoisotopic (exact) mass is 797 g/mol. The van der Waals surface area contributed by atoms with Crippen molar-refractivity contribution in [1.29, 1.82) is 0 Å². The number of ether oxygens (including phenoxy) is 3. The molecule has 2 N–H and O–H groups in total. The van der Waals surface area contributed by atoms with Crippen molar-refractivity contribution in [3.63, 3.8) is 0 Å². The highest BCUT2D eigenvalue weighted by atomic mass is 35.5. The minimum atomic E-state index is -3.13. The van der Waals surface area contributed by atoms with Gasteiger partial charge in [-0.2, -0.15) is 13.5 Å². The molecule has 290 valence electrons. The van der Waals surface area contributed by atoms with Gasteiger partial charge in [0.15, 0.2) is 23.9 Å². The number of anilines is 1. The second-order valence-corrected chi connectivity index (χ2v) is 15.0. The molecule has 2 bridgehead atoms. The van der Waals surface area contributed by atoms with E-state index in [4.69, 9.17) is 37.4 Å². The number of alkyl halides is 2. The number of amides is 1. The molecular formula is C40H39Cl2F2N3O8. The molecule has 15 heteroatoms. The quantitative estimate of drug-likeness (QED) is 0.0960. The van der Waals surface area contributed by atoms with Gasteiger partial charge >= 0.3 is 18.7 Å². The molecule has 11 nitrogen and oxygen atoms in total. The van der Waals surface area contributed by atoms with Gasteiger partial charge in [-0.3, -0.25) is 9.80 Å². The van der Waals surface area contributed by atoms with Crippen molar-refractivity contribution in [3.8, 4) is 17.2 Å². The Labute approximate surface area is 326 Å². The van der Waals surface area contributed by atoms with Gasteiger partial charge in [0.25, 0.3) is 0 Å². The van der Waals surface area contributed by atoms with Crippen LogP contribution in [0, 0.1) is 17.0 Å². The Kier molecular flexibility index (Phi) is 11.5. The van der Waals surface area contributed by atoms with Crippen LogP contribution in [0.3, 0.4) is 0 Å². The van der Waals surface area contributed by atoms with Crippen molar-refractivity contribution in [2.75, 3.05) is 31.1 Å². The highest BCUT2D eigenvalue weighted by molar-refractivity contribution is 6.35. The maximum Gasteiger partial charge on any atom is 0.415 e. The minimum absolute atomic E-state index is 0.0154. The number of nitrogens with zero attached hydrogens (tertiary/aromatic N) is 3. The lowest BCUT2D eigenvalue weighted by atomic mass is 9.80. The van der Waals surface area contributed by atoms with Gasteiger partial charge < -0.3 is 29.6 Å². The van der Waals surface area contributed by atoms with Gasteiger partial charge in [-0.1, -0.05) is 53.5 Å². The van der Waals surface area contributed by atoms with Crippen LogP contribution in [-0.4, -0.2) is 66.1 Å². The summed E-state index contributed by atoms with van der Waals surface area (Å²) in [6, 6.07) is 15.3. The number of phenols is 1.